The van der Waals surface area contributed by atoms with E-state index in [0.717, 1.165) is 0 Å². The smallest absolute Gasteiger partial charge is 0.212 e. The fourth-order valence-corrected chi connectivity index (χ4v) is 3.69. The van der Waals surface area contributed by atoms with Crippen LogP contribution >= 0.6 is 0 Å². The molecule has 0 aliphatic heterocycles. The van der Waals surface area contributed by atoms with Gasteiger partial charge in [0.2, 0.25) is 5.52 Å². The van der Waals surface area contributed by atoms with E-state index >= 15 is 0 Å². The minimum Gasteiger partial charge on any atom is -0.358 e. The van der Waals surface area contributed by atoms with Gasteiger partial charge in [0.1, 0.15) is 0 Å². The Balaban J connectivity index is 1.90. The Morgan fingerprint density at radius 3 is 2.16 bits per heavy atom. The summed E-state index contributed by atoms with van der Waals surface area (Å²) in [6.45, 7) is 9.30. The van der Waals surface area contributed by atoms with Crippen LogP contribution in [0.1, 0.15) is 33.4 Å². The molecule has 4 rings (SSSR count). The van der Waals surface area contributed by atoms with Crippen LogP contribution in [0.4, 0.5) is 0 Å². The van der Waals surface area contributed by atoms with Gasteiger partial charge in [-0.25, -0.2) is 0 Å². The van der Waals surface area contributed by atoms with E-state index in [0.29, 0.717) is 0 Å². The molecule has 0 spiro atoms. The van der Waals surface area contributed by atoms with Crippen LogP contribution in [0.5, 0.6) is 0 Å². The van der Waals surface area contributed by atoms with Crippen LogP contribution in [0.2, 0.25) is 0 Å². The van der Waals surface area contributed by atoms with Crippen LogP contribution in [0.3, 0.4) is 0 Å². The largest absolute Gasteiger partial charge is 0.358 e. The standard InChI is InChI=1S/C23H25N2/c1-22(2,21-16-18-11-5-7-13-19(18)24-21)23(3,4)25-15-9-12-17-10-6-8-14-20(17)25/h5-16,24H,1-4H3/q+1. The van der Waals surface area contributed by atoms with E-state index in [1.165, 1.54) is 27.5 Å². The zero-order valence-electron chi connectivity index (χ0n) is 15.4. The molecule has 2 nitrogen and oxygen atoms in total. The number of hydrogen-bond donors (Lipinski definition) is 1. The molecule has 0 aliphatic rings. The van der Waals surface area contributed by atoms with Gasteiger partial charge in [0.05, 0.1) is 5.41 Å². The van der Waals surface area contributed by atoms with E-state index < -0.39 is 0 Å². The number of hydrogen-bond acceptors (Lipinski definition) is 0. The number of benzene rings is 2. The third-order valence-corrected chi connectivity index (χ3v) is 6.04. The second kappa shape index (κ2) is 5.45. The van der Waals surface area contributed by atoms with Gasteiger partial charge in [-0.3, -0.25) is 0 Å². The topological polar surface area (TPSA) is 19.7 Å². The second-order valence-electron chi connectivity index (χ2n) is 7.89. The van der Waals surface area contributed by atoms with Crippen LogP contribution < -0.4 is 4.57 Å². The maximum atomic E-state index is 3.65. The Labute approximate surface area is 149 Å². The molecular weight excluding hydrogens is 304 g/mol. The molecule has 0 unspecified atom stereocenters. The SMILES string of the molecule is CC(C)(c1cc2ccccc2[nH]1)C(C)(C)[n+]1cccc2ccccc21. The maximum absolute atomic E-state index is 3.65. The molecule has 126 valence electrons. The van der Waals surface area contributed by atoms with Gasteiger partial charge in [0, 0.05) is 42.6 Å². The molecule has 4 aromatic rings. The van der Waals surface area contributed by atoms with Crippen LogP contribution in [0, 0.1) is 0 Å². The lowest BCUT2D eigenvalue weighted by molar-refractivity contribution is -0.744. The van der Waals surface area contributed by atoms with E-state index in [1.807, 2.05) is 0 Å². The molecule has 1 N–H and O–H groups in total. The van der Waals surface area contributed by atoms with Crippen LogP contribution in [-0.2, 0) is 11.0 Å². The maximum Gasteiger partial charge on any atom is 0.212 e. The van der Waals surface area contributed by atoms with Crippen LogP contribution in [0.15, 0.2) is 72.9 Å². The highest BCUT2D eigenvalue weighted by Crippen LogP contribution is 2.38. The molecule has 0 saturated heterocycles. The third-order valence-electron chi connectivity index (χ3n) is 6.04. The van der Waals surface area contributed by atoms with Gasteiger partial charge >= 0.3 is 0 Å². The van der Waals surface area contributed by atoms with Crippen molar-refractivity contribution in [1.82, 2.24) is 4.98 Å². The minimum absolute atomic E-state index is 0.0825. The summed E-state index contributed by atoms with van der Waals surface area (Å²) >= 11 is 0. The zero-order chi connectivity index (χ0) is 17.7. The van der Waals surface area contributed by atoms with Crippen molar-refractivity contribution in [1.29, 1.82) is 0 Å². The summed E-state index contributed by atoms with van der Waals surface area (Å²) in [4.78, 5) is 3.65. The Hall–Kier alpha value is -2.61. The van der Waals surface area contributed by atoms with Gasteiger partial charge in [0.15, 0.2) is 11.7 Å². The molecule has 0 amide bonds. The number of rotatable bonds is 3. The average molecular weight is 329 g/mol. The first-order valence-electron chi connectivity index (χ1n) is 8.89. The normalized spacial score (nSPS) is 12.8. The molecule has 0 bridgehead atoms. The highest BCUT2D eigenvalue weighted by atomic mass is 15.1. The number of aromatic nitrogens is 2. The van der Waals surface area contributed by atoms with Crippen molar-refractivity contribution in [3.63, 3.8) is 0 Å². The monoisotopic (exact) mass is 329 g/mol. The first kappa shape index (κ1) is 15.9. The summed E-state index contributed by atoms with van der Waals surface area (Å²) in [5, 5.41) is 2.54. The molecule has 0 atom stereocenters. The lowest BCUT2D eigenvalue weighted by Crippen LogP contribution is -2.62. The van der Waals surface area contributed by atoms with Crippen LogP contribution in [-0.4, -0.2) is 4.98 Å². The van der Waals surface area contributed by atoms with Gasteiger partial charge in [-0.1, -0.05) is 30.3 Å². The number of H-pyrrole nitrogens is 1. The fraction of sp³-hybridized carbons (Fsp3) is 0.261. The summed E-state index contributed by atoms with van der Waals surface area (Å²) < 4.78 is 2.41. The molecule has 0 radical (unpaired) electrons. The van der Waals surface area contributed by atoms with Crippen molar-refractivity contribution in [2.24, 2.45) is 0 Å². The second-order valence-corrected chi connectivity index (χ2v) is 7.89. The van der Waals surface area contributed by atoms with Gasteiger partial charge in [0.25, 0.3) is 0 Å². The highest BCUT2D eigenvalue weighted by Gasteiger charge is 2.48. The molecule has 25 heavy (non-hydrogen) atoms. The predicted octanol–water partition coefficient (Wildman–Crippen LogP) is 5.32. The van der Waals surface area contributed by atoms with Crippen LogP contribution in [0.25, 0.3) is 21.8 Å². The zero-order valence-corrected chi connectivity index (χ0v) is 15.4. The van der Waals surface area contributed by atoms with E-state index in [-0.39, 0.29) is 11.0 Å². The Morgan fingerprint density at radius 1 is 0.760 bits per heavy atom. The first-order chi connectivity index (χ1) is 11.9. The minimum atomic E-state index is -0.116. The lowest BCUT2D eigenvalue weighted by atomic mass is 9.71. The van der Waals surface area contributed by atoms with E-state index in [4.69, 9.17) is 0 Å². The third kappa shape index (κ3) is 2.36. The number of fused-ring (bicyclic) bond motifs is 2. The van der Waals surface area contributed by atoms with Gasteiger partial charge < -0.3 is 4.98 Å². The van der Waals surface area contributed by atoms with Crippen molar-refractivity contribution < 1.29 is 4.57 Å². The molecule has 2 heterocycles. The fourth-order valence-electron chi connectivity index (χ4n) is 3.69. The molecular formula is C23H25N2+. The summed E-state index contributed by atoms with van der Waals surface area (Å²) in [6, 6.07) is 23.7. The van der Waals surface area contributed by atoms with Crippen molar-refractivity contribution in [2.45, 2.75) is 38.6 Å². The lowest BCUT2D eigenvalue weighted by Gasteiger charge is -2.36. The Morgan fingerprint density at radius 2 is 1.40 bits per heavy atom. The Bertz CT molecular complexity index is 1020. The van der Waals surface area contributed by atoms with Gasteiger partial charge in [-0.2, -0.15) is 4.57 Å². The molecule has 2 heteroatoms. The van der Waals surface area contributed by atoms with E-state index in [2.05, 4.69) is 110 Å². The molecule has 0 saturated carbocycles. The molecule has 0 fully saturated rings. The number of aromatic amines is 1. The molecule has 2 aromatic heterocycles. The average Bonchev–Trinajstić information content (AvgIpc) is 3.06. The summed E-state index contributed by atoms with van der Waals surface area (Å²) in [6.07, 6.45) is 2.20. The van der Waals surface area contributed by atoms with Crippen molar-refractivity contribution >= 4 is 21.8 Å². The van der Waals surface area contributed by atoms with E-state index in [9.17, 15) is 0 Å². The van der Waals surface area contributed by atoms with Crippen molar-refractivity contribution in [3.05, 3.63) is 78.6 Å². The summed E-state index contributed by atoms with van der Waals surface area (Å²) in [5.74, 6) is 0. The summed E-state index contributed by atoms with van der Waals surface area (Å²) in [7, 11) is 0. The van der Waals surface area contributed by atoms with Crippen molar-refractivity contribution in [2.75, 3.05) is 0 Å². The number of para-hydroxylation sites is 2. The number of nitrogens with one attached hydrogen (secondary N) is 1. The molecule has 2 aromatic carbocycles. The molecule has 0 aliphatic carbocycles. The van der Waals surface area contributed by atoms with E-state index in [1.54, 1.807) is 0 Å². The van der Waals surface area contributed by atoms with Gasteiger partial charge in [-0.15, -0.1) is 0 Å². The quantitative estimate of drug-likeness (QED) is 0.491. The first-order valence-corrected chi connectivity index (χ1v) is 8.89. The Kier molecular flexibility index (Phi) is 3.47. The number of pyridine rings is 1. The predicted molar refractivity (Wildman–Crippen MR) is 105 cm³/mol. The number of nitrogens with zero attached hydrogens (tertiary/aromatic N) is 1. The van der Waals surface area contributed by atoms with Gasteiger partial charge in [-0.05, 0) is 43.5 Å². The highest BCUT2D eigenvalue weighted by molar-refractivity contribution is 5.80. The van der Waals surface area contributed by atoms with Crippen molar-refractivity contribution in [3.8, 4) is 0 Å². The summed E-state index contributed by atoms with van der Waals surface area (Å²) in [5.41, 5.74) is 3.53.